The van der Waals surface area contributed by atoms with Crippen molar-refractivity contribution in [1.29, 1.82) is 0 Å². The summed E-state index contributed by atoms with van der Waals surface area (Å²) in [5, 5.41) is 1.24. The van der Waals surface area contributed by atoms with Crippen LogP contribution in [0.1, 0.15) is 13.8 Å². The van der Waals surface area contributed by atoms with Gasteiger partial charge < -0.3 is 0 Å². The molecule has 4 heteroatoms. The lowest BCUT2D eigenvalue weighted by Gasteiger charge is -2.19. The van der Waals surface area contributed by atoms with Gasteiger partial charge in [0.25, 0.3) is 0 Å². The fraction of sp³-hybridized carbons (Fsp3) is 0.364. The molecule has 0 aliphatic heterocycles. The Morgan fingerprint density at radius 3 is 2.87 bits per heavy atom. The summed E-state index contributed by atoms with van der Waals surface area (Å²) < 4.78 is 5.74. The van der Waals surface area contributed by atoms with Crippen molar-refractivity contribution in [2.75, 3.05) is 5.88 Å². The first-order chi connectivity index (χ1) is 7.12. The van der Waals surface area contributed by atoms with E-state index in [2.05, 4.69) is 30.4 Å². The van der Waals surface area contributed by atoms with Gasteiger partial charge in [-0.2, -0.15) is 4.37 Å². The highest BCUT2D eigenvalue weighted by molar-refractivity contribution is 8.02. The Morgan fingerprint density at radius 2 is 2.13 bits per heavy atom. The molecule has 0 amide bonds. The van der Waals surface area contributed by atoms with E-state index in [1.807, 2.05) is 12.1 Å². The highest BCUT2D eigenvalue weighted by atomic mass is 35.5. The normalized spacial score (nSPS) is 12.2. The van der Waals surface area contributed by atoms with Crippen LogP contribution >= 0.6 is 34.9 Å². The van der Waals surface area contributed by atoms with E-state index in [9.17, 15) is 0 Å². The molecule has 1 heterocycles. The van der Waals surface area contributed by atoms with E-state index < -0.39 is 0 Å². The SMILES string of the molecule is CC(C)(CCl)Sc1snc2ccccc12. The minimum absolute atomic E-state index is 0.0663. The van der Waals surface area contributed by atoms with E-state index in [1.165, 1.54) is 9.60 Å². The monoisotopic (exact) mass is 257 g/mol. The van der Waals surface area contributed by atoms with Gasteiger partial charge in [0.05, 0.1) is 9.73 Å². The predicted octanol–water partition coefficient (Wildman–Crippen LogP) is 4.41. The third-order valence-corrected chi connectivity index (χ3v) is 5.12. The minimum Gasteiger partial charge on any atom is -0.191 e. The number of hydrogen-bond acceptors (Lipinski definition) is 3. The van der Waals surface area contributed by atoms with Crippen LogP contribution < -0.4 is 0 Å². The maximum absolute atomic E-state index is 5.92. The largest absolute Gasteiger partial charge is 0.191 e. The van der Waals surface area contributed by atoms with Crippen LogP contribution in [-0.4, -0.2) is 15.0 Å². The topological polar surface area (TPSA) is 12.9 Å². The molecule has 0 radical (unpaired) electrons. The molecule has 1 aromatic heterocycles. The van der Waals surface area contributed by atoms with Crippen molar-refractivity contribution >= 4 is 45.8 Å². The Hall–Kier alpha value is -0.250. The van der Waals surface area contributed by atoms with Gasteiger partial charge in [0.1, 0.15) is 0 Å². The summed E-state index contributed by atoms with van der Waals surface area (Å²) in [5.41, 5.74) is 1.08. The van der Waals surface area contributed by atoms with Gasteiger partial charge in [0.2, 0.25) is 0 Å². The molecule has 15 heavy (non-hydrogen) atoms. The number of halogens is 1. The van der Waals surface area contributed by atoms with Gasteiger partial charge in [-0.25, -0.2) is 0 Å². The maximum Gasteiger partial charge on any atom is 0.0890 e. The third-order valence-electron chi connectivity index (χ3n) is 2.04. The summed E-state index contributed by atoms with van der Waals surface area (Å²) in [4.78, 5) is 0. The van der Waals surface area contributed by atoms with Crippen molar-refractivity contribution in [3.63, 3.8) is 0 Å². The Bertz CT molecular complexity index is 464. The van der Waals surface area contributed by atoms with E-state index in [-0.39, 0.29) is 4.75 Å². The summed E-state index contributed by atoms with van der Waals surface area (Å²) in [6.07, 6.45) is 0. The van der Waals surface area contributed by atoms with Crippen molar-refractivity contribution in [2.45, 2.75) is 22.8 Å². The molecule has 2 aromatic rings. The molecule has 1 aromatic carbocycles. The Balaban J connectivity index is 2.37. The number of rotatable bonds is 3. The molecule has 0 saturated heterocycles. The van der Waals surface area contributed by atoms with E-state index in [1.54, 1.807) is 23.3 Å². The molecule has 0 aliphatic carbocycles. The number of thioether (sulfide) groups is 1. The van der Waals surface area contributed by atoms with Crippen molar-refractivity contribution in [3.05, 3.63) is 24.3 Å². The number of benzene rings is 1. The van der Waals surface area contributed by atoms with Crippen LogP contribution in [-0.2, 0) is 0 Å². The molecular weight excluding hydrogens is 246 g/mol. The fourth-order valence-corrected chi connectivity index (χ4v) is 3.77. The Labute approximate surface area is 103 Å². The maximum atomic E-state index is 5.92. The lowest BCUT2D eigenvalue weighted by molar-refractivity contribution is 0.813. The number of hydrogen-bond donors (Lipinski definition) is 0. The zero-order valence-corrected chi connectivity index (χ0v) is 11.0. The van der Waals surface area contributed by atoms with Gasteiger partial charge >= 0.3 is 0 Å². The second kappa shape index (κ2) is 4.32. The van der Waals surface area contributed by atoms with Gasteiger partial charge in [0, 0.05) is 16.0 Å². The first-order valence-electron chi connectivity index (χ1n) is 4.72. The van der Waals surface area contributed by atoms with Crippen LogP contribution in [0.3, 0.4) is 0 Å². The molecule has 0 spiro atoms. The molecule has 0 aliphatic rings. The van der Waals surface area contributed by atoms with Crippen LogP contribution in [0.15, 0.2) is 28.5 Å². The Morgan fingerprint density at radius 1 is 1.40 bits per heavy atom. The molecular formula is C11H12ClNS2. The van der Waals surface area contributed by atoms with Crippen LogP contribution in [0.25, 0.3) is 10.9 Å². The van der Waals surface area contributed by atoms with Gasteiger partial charge in [-0.1, -0.05) is 18.2 Å². The summed E-state index contributed by atoms with van der Waals surface area (Å²) in [6, 6.07) is 8.23. The van der Waals surface area contributed by atoms with Crippen molar-refractivity contribution in [3.8, 4) is 0 Å². The molecule has 0 saturated carbocycles. The summed E-state index contributed by atoms with van der Waals surface area (Å²) in [5.74, 6) is 0.643. The van der Waals surface area contributed by atoms with Gasteiger partial charge in [-0.3, -0.25) is 0 Å². The molecule has 0 atom stereocenters. The quantitative estimate of drug-likeness (QED) is 0.597. The second-order valence-electron chi connectivity index (χ2n) is 3.98. The second-order valence-corrected chi connectivity index (χ2v) is 7.00. The van der Waals surface area contributed by atoms with E-state index >= 15 is 0 Å². The highest BCUT2D eigenvalue weighted by Crippen LogP contribution is 2.39. The fourth-order valence-electron chi connectivity index (χ4n) is 1.22. The molecule has 0 unspecified atom stereocenters. The average molecular weight is 258 g/mol. The third kappa shape index (κ3) is 2.47. The first-order valence-corrected chi connectivity index (χ1v) is 6.84. The van der Waals surface area contributed by atoms with Gasteiger partial charge in [-0.15, -0.1) is 23.4 Å². The summed E-state index contributed by atoms with van der Waals surface area (Å²) in [6.45, 7) is 4.30. The lowest BCUT2D eigenvalue weighted by Crippen LogP contribution is -2.15. The number of alkyl halides is 1. The van der Waals surface area contributed by atoms with Gasteiger partial charge in [-0.05, 0) is 31.4 Å². The molecule has 2 rings (SSSR count). The van der Waals surface area contributed by atoms with E-state index in [0.717, 1.165) is 5.52 Å². The number of fused-ring (bicyclic) bond motifs is 1. The van der Waals surface area contributed by atoms with Gasteiger partial charge in [0.15, 0.2) is 0 Å². The summed E-state index contributed by atoms with van der Waals surface area (Å²) in [7, 11) is 0. The van der Waals surface area contributed by atoms with E-state index in [4.69, 9.17) is 11.6 Å². The Kier molecular flexibility index (Phi) is 3.24. The molecule has 0 N–H and O–H groups in total. The molecule has 80 valence electrons. The van der Waals surface area contributed by atoms with Crippen molar-refractivity contribution in [1.82, 2.24) is 4.37 Å². The van der Waals surface area contributed by atoms with E-state index in [0.29, 0.717) is 5.88 Å². The standard InChI is InChI=1S/C11H12ClNS2/c1-11(2,7-12)14-10-8-5-3-4-6-9(8)13-15-10/h3-6H,7H2,1-2H3. The zero-order valence-electron chi connectivity index (χ0n) is 8.66. The van der Waals surface area contributed by atoms with Crippen molar-refractivity contribution < 1.29 is 0 Å². The average Bonchev–Trinajstić information content (AvgIpc) is 2.62. The number of aromatic nitrogens is 1. The smallest absolute Gasteiger partial charge is 0.0890 e. The predicted molar refractivity (Wildman–Crippen MR) is 70.3 cm³/mol. The molecule has 1 nitrogen and oxygen atoms in total. The zero-order chi connectivity index (χ0) is 10.9. The number of nitrogens with zero attached hydrogens (tertiary/aromatic N) is 1. The lowest BCUT2D eigenvalue weighted by atomic mass is 10.2. The summed E-state index contributed by atoms with van der Waals surface area (Å²) >= 11 is 9.29. The van der Waals surface area contributed by atoms with Crippen molar-refractivity contribution in [2.24, 2.45) is 0 Å². The van der Waals surface area contributed by atoms with Crippen LogP contribution in [0.2, 0.25) is 0 Å². The van der Waals surface area contributed by atoms with Crippen LogP contribution in [0.5, 0.6) is 0 Å². The first kappa shape index (κ1) is 11.2. The molecule has 0 bridgehead atoms. The molecule has 0 fully saturated rings. The highest BCUT2D eigenvalue weighted by Gasteiger charge is 2.20. The van der Waals surface area contributed by atoms with Crippen LogP contribution in [0.4, 0.5) is 0 Å². The van der Waals surface area contributed by atoms with Crippen LogP contribution in [0, 0.1) is 0 Å². The minimum atomic E-state index is 0.0663.